The van der Waals surface area contributed by atoms with Crippen LogP contribution in [0.1, 0.15) is 26.2 Å². The standard InChI is InChI=1S/C11H16BrNO2S/c1-2-3-4-7-16(14,15)11-6-5-9(12)8-10(11)13/h5-6,8H,2-4,7,13H2,1H3. The number of rotatable bonds is 5. The smallest absolute Gasteiger partial charge is 0.180 e. The fraction of sp³-hybridized carbons (Fsp3) is 0.455. The number of unbranched alkanes of at least 4 members (excludes halogenated alkanes) is 2. The molecule has 0 heterocycles. The van der Waals surface area contributed by atoms with E-state index in [1.165, 1.54) is 0 Å². The monoisotopic (exact) mass is 305 g/mol. The van der Waals surface area contributed by atoms with Crippen molar-refractivity contribution in [3.8, 4) is 0 Å². The largest absolute Gasteiger partial charge is 0.398 e. The first-order valence-electron chi connectivity index (χ1n) is 5.25. The van der Waals surface area contributed by atoms with E-state index in [0.29, 0.717) is 12.1 Å². The number of nitrogen functional groups attached to an aromatic ring is 1. The van der Waals surface area contributed by atoms with Crippen LogP contribution in [-0.4, -0.2) is 14.2 Å². The van der Waals surface area contributed by atoms with Crippen LogP contribution in [0.4, 0.5) is 5.69 Å². The number of benzene rings is 1. The van der Waals surface area contributed by atoms with Gasteiger partial charge in [0.2, 0.25) is 0 Å². The molecule has 0 aliphatic carbocycles. The molecule has 1 aromatic carbocycles. The lowest BCUT2D eigenvalue weighted by atomic mass is 10.3. The summed E-state index contributed by atoms with van der Waals surface area (Å²) in [6.07, 6.45) is 2.62. The summed E-state index contributed by atoms with van der Waals surface area (Å²) in [4.78, 5) is 0.242. The molecule has 0 aliphatic heterocycles. The Morgan fingerprint density at radius 1 is 1.31 bits per heavy atom. The van der Waals surface area contributed by atoms with E-state index in [4.69, 9.17) is 5.73 Å². The molecule has 1 aromatic rings. The summed E-state index contributed by atoms with van der Waals surface area (Å²) < 4.78 is 24.7. The lowest BCUT2D eigenvalue weighted by Gasteiger charge is -2.07. The molecule has 0 saturated carbocycles. The van der Waals surface area contributed by atoms with Crippen LogP contribution in [0.15, 0.2) is 27.6 Å². The number of hydrogen-bond donors (Lipinski definition) is 1. The van der Waals surface area contributed by atoms with Crippen LogP contribution in [0.5, 0.6) is 0 Å². The lowest BCUT2D eigenvalue weighted by Crippen LogP contribution is -2.09. The molecule has 16 heavy (non-hydrogen) atoms. The van der Waals surface area contributed by atoms with Gasteiger partial charge in [-0.05, 0) is 24.6 Å². The van der Waals surface area contributed by atoms with Crippen molar-refractivity contribution >= 4 is 31.5 Å². The summed E-state index contributed by atoms with van der Waals surface area (Å²) in [5, 5.41) is 0. The van der Waals surface area contributed by atoms with Gasteiger partial charge in [-0.15, -0.1) is 0 Å². The fourth-order valence-corrected chi connectivity index (χ4v) is 3.33. The normalized spacial score (nSPS) is 11.6. The van der Waals surface area contributed by atoms with Crippen molar-refractivity contribution in [2.75, 3.05) is 11.5 Å². The summed E-state index contributed by atoms with van der Waals surface area (Å²) in [6, 6.07) is 4.87. The number of sulfone groups is 1. The average Bonchev–Trinajstić information content (AvgIpc) is 2.17. The zero-order chi connectivity index (χ0) is 12.2. The molecule has 0 aliphatic rings. The molecule has 0 saturated heterocycles. The Balaban J connectivity index is 2.90. The molecule has 5 heteroatoms. The van der Waals surface area contributed by atoms with Crippen molar-refractivity contribution in [3.05, 3.63) is 22.7 Å². The second-order valence-electron chi connectivity index (χ2n) is 3.71. The van der Waals surface area contributed by atoms with E-state index in [1.807, 2.05) is 6.92 Å². The maximum atomic E-state index is 11.9. The van der Waals surface area contributed by atoms with Crippen LogP contribution in [0.3, 0.4) is 0 Å². The predicted molar refractivity (Wildman–Crippen MR) is 70.1 cm³/mol. The van der Waals surface area contributed by atoms with Crippen molar-refractivity contribution in [1.82, 2.24) is 0 Å². The van der Waals surface area contributed by atoms with Gasteiger partial charge in [-0.2, -0.15) is 0 Å². The topological polar surface area (TPSA) is 60.2 Å². The molecule has 0 aromatic heterocycles. The molecule has 2 N–H and O–H groups in total. The zero-order valence-electron chi connectivity index (χ0n) is 9.24. The van der Waals surface area contributed by atoms with Crippen molar-refractivity contribution in [2.24, 2.45) is 0 Å². The van der Waals surface area contributed by atoms with Crippen LogP contribution in [0, 0.1) is 0 Å². The molecular formula is C11H16BrNO2S. The van der Waals surface area contributed by atoms with E-state index >= 15 is 0 Å². The minimum absolute atomic E-state index is 0.173. The van der Waals surface area contributed by atoms with E-state index in [-0.39, 0.29) is 10.6 Å². The number of nitrogens with two attached hydrogens (primary N) is 1. The highest BCUT2D eigenvalue weighted by atomic mass is 79.9. The fourth-order valence-electron chi connectivity index (χ4n) is 1.45. The first-order chi connectivity index (χ1) is 7.47. The van der Waals surface area contributed by atoms with E-state index in [1.54, 1.807) is 18.2 Å². The van der Waals surface area contributed by atoms with Crippen LogP contribution in [-0.2, 0) is 9.84 Å². The van der Waals surface area contributed by atoms with Gasteiger partial charge in [-0.3, -0.25) is 0 Å². The average molecular weight is 306 g/mol. The minimum atomic E-state index is -3.23. The Kier molecular flexibility index (Phi) is 4.80. The quantitative estimate of drug-likeness (QED) is 0.672. The van der Waals surface area contributed by atoms with Crippen LogP contribution < -0.4 is 5.73 Å². The van der Waals surface area contributed by atoms with Gasteiger partial charge in [0.15, 0.2) is 9.84 Å². The maximum absolute atomic E-state index is 11.9. The van der Waals surface area contributed by atoms with Gasteiger partial charge < -0.3 is 5.73 Å². The molecule has 0 unspecified atom stereocenters. The van der Waals surface area contributed by atoms with Gasteiger partial charge in [0, 0.05) is 4.47 Å². The summed E-state index contributed by atoms with van der Waals surface area (Å²) in [5.74, 6) is 0.173. The first kappa shape index (κ1) is 13.5. The molecule has 0 bridgehead atoms. The molecule has 3 nitrogen and oxygen atoms in total. The summed E-state index contributed by atoms with van der Waals surface area (Å²) in [5.41, 5.74) is 6.01. The van der Waals surface area contributed by atoms with Gasteiger partial charge >= 0.3 is 0 Å². The highest BCUT2D eigenvalue weighted by Crippen LogP contribution is 2.24. The van der Waals surface area contributed by atoms with Gasteiger partial charge in [0.25, 0.3) is 0 Å². The third-order valence-electron chi connectivity index (χ3n) is 2.32. The lowest BCUT2D eigenvalue weighted by molar-refractivity contribution is 0.591. The van der Waals surface area contributed by atoms with Gasteiger partial charge in [0.1, 0.15) is 0 Å². The van der Waals surface area contributed by atoms with Crippen molar-refractivity contribution in [1.29, 1.82) is 0 Å². The maximum Gasteiger partial charge on any atom is 0.180 e. The molecule has 0 fully saturated rings. The van der Waals surface area contributed by atoms with Gasteiger partial charge in [-0.25, -0.2) is 8.42 Å². The van der Waals surface area contributed by atoms with E-state index < -0.39 is 9.84 Å². The summed E-state index contributed by atoms with van der Waals surface area (Å²) in [6.45, 7) is 2.04. The van der Waals surface area contributed by atoms with E-state index in [2.05, 4.69) is 15.9 Å². The Bertz CT molecular complexity index is 457. The Morgan fingerprint density at radius 2 is 2.00 bits per heavy atom. The summed E-state index contributed by atoms with van der Waals surface area (Å²) in [7, 11) is -3.23. The van der Waals surface area contributed by atoms with Gasteiger partial charge in [0.05, 0.1) is 16.3 Å². The molecule has 90 valence electrons. The third kappa shape index (κ3) is 3.49. The Hall–Kier alpha value is -0.550. The van der Waals surface area contributed by atoms with Crippen LogP contribution in [0.25, 0.3) is 0 Å². The van der Waals surface area contributed by atoms with Crippen LogP contribution >= 0.6 is 15.9 Å². The van der Waals surface area contributed by atoms with Crippen molar-refractivity contribution < 1.29 is 8.42 Å². The molecule has 1 rings (SSSR count). The van der Waals surface area contributed by atoms with E-state index in [9.17, 15) is 8.42 Å². The Morgan fingerprint density at radius 3 is 2.56 bits per heavy atom. The highest BCUT2D eigenvalue weighted by molar-refractivity contribution is 9.10. The molecule has 0 amide bonds. The number of anilines is 1. The third-order valence-corrected chi connectivity index (χ3v) is 4.68. The number of hydrogen-bond acceptors (Lipinski definition) is 3. The second kappa shape index (κ2) is 5.68. The Labute approximate surface area is 105 Å². The van der Waals surface area contributed by atoms with Gasteiger partial charge in [-0.1, -0.05) is 35.7 Å². The van der Waals surface area contributed by atoms with E-state index in [0.717, 1.165) is 17.3 Å². The SMILES string of the molecule is CCCCCS(=O)(=O)c1ccc(Br)cc1N. The molecule has 0 atom stereocenters. The highest BCUT2D eigenvalue weighted by Gasteiger charge is 2.16. The minimum Gasteiger partial charge on any atom is -0.398 e. The van der Waals surface area contributed by atoms with Crippen molar-refractivity contribution in [3.63, 3.8) is 0 Å². The first-order valence-corrected chi connectivity index (χ1v) is 7.69. The van der Waals surface area contributed by atoms with Crippen molar-refractivity contribution in [2.45, 2.75) is 31.1 Å². The molecule has 0 radical (unpaired) electrons. The molecule has 0 spiro atoms. The van der Waals surface area contributed by atoms with Crippen LogP contribution in [0.2, 0.25) is 0 Å². The zero-order valence-corrected chi connectivity index (χ0v) is 11.6. The molecular weight excluding hydrogens is 290 g/mol. The predicted octanol–water partition coefficient (Wildman–Crippen LogP) is 3.00. The number of halogens is 1. The summed E-state index contributed by atoms with van der Waals surface area (Å²) >= 11 is 3.25. The second-order valence-corrected chi connectivity index (χ2v) is 6.70.